The summed E-state index contributed by atoms with van der Waals surface area (Å²) >= 11 is 0. The van der Waals surface area contributed by atoms with E-state index in [0.717, 1.165) is 22.3 Å². The number of allylic oxidation sites excluding steroid dienone is 1. The SMILES string of the molecule is CC(=O)C1=C(C)[C@@H](C(C)C)[C@]2(C)C[C@]3(C)Cc4c(C(C)C)cc(/C=C/c5ccc(C)cc5)c(O)c4C(O)=C3C(=O)[C@]2(O)C1=O. The number of aliphatic hydroxyl groups is 2. The normalized spacial score (nSPS) is 28.6. The van der Waals surface area contributed by atoms with Crippen LogP contribution in [0.15, 0.2) is 47.1 Å². The Kier molecular flexibility index (Phi) is 7.48. The summed E-state index contributed by atoms with van der Waals surface area (Å²) in [6.45, 7) is 16.8. The third kappa shape index (κ3) is 4.28. The lowest BCUT2D eigenvalue weighted by Crippen LogP contribution is -2.70. The van der Waals surface area contributed by atoms with Gasteiger partial charge in [-0.15, -0.1) is 0 Å². The number of aryl methyl sites for hydroxylation is 1. The van der Waals surface area contributed by atoms with Gasteiger partial charge in [0.25, 0.3) is 0 Å². The van der Waals surface area contributed by atoms with Gasteiger partial charge in [-0.05, 0) is 74.1 Å². The Labute approximate surface area is 260 Å². The fourth-order valence-corrected chi connectivity index (χ4v) is 8.87. The van der Waals surface area contributed by atoms with Crippen molar-refractivity contribution in [3.8, 4) is 5.75 Å². The minimum atomic E-state index is -2.54. The lowest BCUT2D eigenvalue weighted by atomic mass is 9.42. The molecule has 0 saturated heterocycles. The second-order valence-electron chi connectivity index (χ2n) is 14.4. The van der Waals surface area contributed by atoms with Crippen molar-refractivity contribution in [1.29, 1.82) is 0 Å². The highest BCUT2D eigenvalue weighted by Gasteiger charge is 2.72. The molecule has 0 bridgehead atoms. The predicted octanol–water partition coefficient (Wildman–Crippen LogP) is 7.30. The Morgan fingerprint density at radius 2 is 1.59 bits per heavy atom. The summed E-state index contributed by atoms with van der Waals surface area (Å²) in [6.07, 6.45) is 4.23. The van der Waals surface area contributed by atoms with Crippen LogP contribution in [0.2, 0.25) is 0 Å². The van der Waals surface area contributed by atoms with E-state index < -0.39 is 45.5 Å². The topological polar surface area (TPSA) is 112 Å². The number of carbonyl (C=O) groups excluding carboxylic acids is 3. The van der Waals surface area contributed by atoms with Gasteiger partial charge in [0, 0.05) is 22.0 Å². The molecule has 6 nitrogen and oxygen atoms in total. The molecule has 0 amide bonds. The minimum Gasteiger partial charge on any atom is -0.507 e. The van der Waals surface area contributed by atoms with E-state index >= 15 is 0 Å². The first kappa shape index (κ1) is 31.6. The van der Waals surface area contributed by atoms with Crippen LogP contribution >= 0.6 is 0 Å². The average Bonchev–Trinajstić information content (AvgIpc) is 2.90. The molecule has 3 N–H and O–H groups in total. The van der Waals surface area contributed by atoms with Gasteiger partial charge >= 0.3 is 0 Å². The number of phenols is 1. The van der Waals surface area contributed by atoms with E-state index in [2.05, 4.69) is 13.8 Å². The molecule has 6 heteroatoms. The zero-order valence-corrected chi connectivity index (χ0v) is 27.3. The average molecular weight is 597 g/mol. The van der Waals surface area contributed by atoms with E-state index in [1.54, 1.807) is 19.9 Å². The van der Waals surface area contributed by atoms with Crippen molar-refractivity contribution >= 4 is 35.3 Å². The standard InChI is InChI=1S/C38H44O6/c1-19(2)26-16-25(15-14-24-12-10-21(5)11-13-24)32(40)29-27(26)17-36(8)18-37(9)30(20(3)4)22(6)28(23(7)39)34(42)38(37,44)35(43)31(36)33(29)41/h10-16,19-20,30,40-41,44H,17-18H2,1-9H3/b15-14+/t30-,36+,37+,38-/m1/s1. The first-order chi connectivity index (χ1) is 20.4. The quantitative estimate of drug-likeness (QED) is 0.190. The molecule has 0 spiro atoms. The van der Waals surface area contributed by atoms with Crippen molar-refractivity contribution in [3.05, 3.63) is 80.4 Å². The maximum Gasteiger partial charge on any atom is 0.206 e. The number of phenolic OH excluding ortho intramolecular Hbond substituents is 1. The fourth-order valence-electron chi connectivity index (χ4n) is 8.87. The molecule has 2 aromatic rings. The molecule has 1 saturated carbocycles. The van der Waals surface area contributed by atoms with Crippen molar-refractivity contribution in [3.63, 3.8) is 0 Å². The van der Waals surface area contributed by atoms with Crippen molar-refractivity contribution in [1.82, 2.24) is 0 Å². The Morgan fingerprint density at radius 3 is 2.14 bits per heavy atom. The molecule has 0 heterocycles. The van der Waals surface area contributed by atoms with Gasteiger partial charge in [0.05, 0.1) is 11.1 Å². The third-order valence-electron chi connectivity index (χ3n) is 10.5. The van der Waals surface area contributed by atoms with Crippen LogP contribution in [0.4, 0.5) is 0 Å². The Hall–Kier alpha value is -3.77. The summed E-state index contributed by atoms with van der Waals surface area (Å²) in [5, 5.41) is 35.9. The van der Waals surface area contributed by atoms with E-state index in [-0.39, 0.29) is 40.7 Å². The number of fused-ring (bicyclic) bond motifs is 3. The van der Waals surface area contributed by atoms with Crippen molar-refractivity contribution < 1.29 is 29.7 Å². The van der Waals surface area contributed by atoms with E-state index in [1.807, 2.05) is 64.1 Å². The molecule has 3 aliphatic rings. The zero-order chi connectivity index (χ0) is 32.7. The van der Waals surface area contributed by atoms with Crippen LogP contribution in [0.5, 0.6) is 5.75 Å². The molecule has 0 aromatic heterocycles. The molecule has 0 unspecified atom stereocenters. The van der Waals surface area contributed by atoms with Gasteiger partial charge < -0.3 is 15.3 Å². The van der Waals surface area contributed by atoms with Crippen LogP contribution < -0.4 is 0 Å². The van der Waals surface area contributed by atoms with E-state index in [4.69, 9.17) is 0 Å². The molecule has 5 rings (SSSR count). The molecule has 0 radical (unpaired) electrons. The number of hydrogen-bond donors (Lipinski definition) is 3. The molecule has 2 aromatic carbocycles. The second kappa shape index (κ2) is 10.4. The first-order valence-electron chi connectivity index (χ1n) is 15.5. The maximum atomic E-state index is 14.6. The molecular formula is C38H44O6. The number of carbonyl (C=O) groups is 3. The molecule has 4 atom stereocenters. The van der Waals surface area contributed by atoms with E-state index in [0.29, 0.717) is 17.6 Å². The molecule has 3 aliphatic carbocycles. The predicted molar refractivity (Wildman–Crippen MR) is 173 cm³/mol. The van der Waals surface area contributed by atoms with Crippen LogP contribution in [0.1, 0.15) is 101 Å². The van der Waals surface area contributed by atoms with Gasteiger partial charge in [0.2, 0.25) is 11.6 Å². The summed E-state index contributed by atoms with van der Waals surface area (Å²) < 4.78 is 0. The highest BCUT2D eigenvalue weighted by atomic mass is 16.3. The van der Waals surface area contributed by atoms with Gasteiger partial charge in [-0.1, -0.05) is 89.1 Å². The highest BCUT2D eigenvalue weighted by Crippen LogP contribution is 2.65. The fraction of sp³-hybridized carbons (Fsp3) is 0.447. The summed E-state index contributed by atoms with van der Waals surface area (Å²) in [6, 6.07) is 9.90. The molecule has 1 fully saturated rings. The van der Waals surface area contributed by atoms with Crippen molar-refractivity contribution in [2.24, 2.45) is 22.7 Å². The smallest absolute Gasteiger partial charge is 0.206 e. The summed E-state index contributed by atoms with van der Waals surface area (Å²) in [7, 11) is 0. The summed E-state index contributed by atoms with van der Waals surface area (Å²) in [5.41, 5.74) is 0.122. The minimum absolute atomic E-state index is 0.0450. The maximum absolute atomic E-state index is 14.6. The first-order valence-corrected chi connectivity index (χ1v) is 15.5. The van der Waals surface area contributed by atoms with E-state index in [1.165, 1.54) is 6.92 Å². The van der Waals surface area contributed by atoms with Gasteiger partial charge in [0.1, 0.15) is 11.5 Å². The van der Waals surface area contributed by atoms with Gasteiger partial charge in [-0.25, -0.2) is 0 Å². The van der Waals surface area contributed by atoms with Crippen LogP contribution in [0.25, 0.3) is 17.9 Å². The summed E-state index contributed by atoms with van der Waals surface area (Å²) in [5.74, 6) is -3.32. The lowest BCUT2D eigenvalue weighted by Gasteiger charge is -2.60. The zero-order valence-electron chi connectivity index (χ0n) is 27.3. The largest absolute Gasteiger partial charge is 0.507 e. The summed E-state index contributed by atoms with van der Waals surface area (Å²) in [4.78, 5) is 41.4. The van der Waals surface area contributed by atoms with Crippen LogP contribution in [-0.4, -0.2) is 38.3 Å². The number of Topliss-reactive ketones (excluding diaryl/α,β-unsaturated/α-hetero) is 3. The number of aromatic hydroxyl groups is 1. The number of hydrogen-bond acceptors (Lipinski definition) is 6. The molecule has 44 heavy (non-hydrogen) atoms. The van der Waals surface area contributed by atoms with Crippen LogP contribution in [-0.2, 0) is 20.8 Å². The Bertz CT molecular complexity index is 1700. The van der Waals surface area contributed by atoms with Crippen molar-refractivity contribution in [2.75, 3.05) is 0 Å². The molecule has 0 aliphatic heterocycles. The Morgan fingerprint density at radius 1 is 0.977 bits per heavy atom. The molecule has 232 valence electrons. The van der Waals surface area contributed by atoms with Crippen LogP contribution in [0, 0.1) is 29.6 Å². The number of aliphatic hydroxyl groups excluding tert-OH is 1. The second-order valence-corrected chi connectivity index (χ2v) is 14.4. The lowest BCUT2D eigenvalue weighted by molar-refractivity contribution is -0.180. The Balaban J connectivity index is 1.76. The van der Waals surface area contributed by atoms with E-state index in [9.17, 15) is 29.7 Å². The monoisotopic (exact) mass is 596 g/mol. The number of ketones is 3. The third-order valence-corrected chi connectivity index (χ3v) is 10.5. The van der Waals surface area contributed by atoms with Gasteiger partial charge in [-0.3, -0.25) is 14.4 Å². The highest BCUT2D eigenvalue weighted by molar-refractivity contribution is 6.33. The van der Waals surface area contributed by atoms with Crippen LogP contribution in [0.3, 0.4) is 0 Å². The number of benzene rings is 2. The number of rotatable bonds is 5. The molecular weight excluding hydrogens is 552 g/mol. The van der Waals surface area contributed by atoms with Gasteiger partial charge in [0.15, 0.2) is 11.4 Å². The van der Waals surface area contributed by atoms with Crippen molar-refractivity contribution in [2.45, 2.75) is 86.7 Å². The van der Waals surface area contributed by atoms with Gasteiger partial charge in [-0.2, -0.15) is 0 Å².